The number of unbranched alkanes of at least 4 members (excludes halogenated alkanes) is 52. The maximum Gasteiger partial charge on any atom is 0.164 e. The summed E-state index contributed by atoms with van der Waals surface area (Å²) >= 11 is 0. The molecule has 0 amide bonds. The molecule has 0 saturated heterocycles. The van der Waals surface area contributed by atoms with Crippen LogP contribution in [0.5, 0.6) is 11.5 Å². The summed E-state index contributed by atoms with van der Waals surface area (Å²) in [5, 5.41) is 22.2. The normalized spacial score (nSPS) is 12.0. The van der Waals surface area contributed by atoms with Crippen molar-refractivity contribution in [2.45, 2.75) is 413 Å². The maximum atomic E-state index is 9.25. The average molecular weight is 1710 g/mol. The van der Waals surface area contributed by atoms with Gasteiger partial charge in [0.2, 0.25) is 0 Å². The van der Waals surface area contributed by atoms with Crippen LogP contribution in [0.2, 0.25) is 0 Å². The van der Waals surface area contributed by atoms with Gasteiger partial charge >= 0.3 is 0 Å². The number of aliphatic hydroxyl groups excluding tert-OH is 2. The zero-order valence-electron chi connectivity index (χ0n) is 78.7. The largest absolute Gasteiger partial charge is 0.491 e. The molecule has 5 heterocycles. The van der Waals surface area contributed by atoms with Gasteiger partial charge in [0.05, 0.1) is 66.1 Å². The summed E-state index contributed by atoms with van der Waals surface area (Å²) in [4.78, 5) is 41.5. The Morgan fingerprint density at radius 3 is 0.758 bits per heavy atom. The minimum absolute atomic E-state index is 0.0234. The molecule has 2 aliphatic heterocycles. The fourth-order valence-corrected chi connectivity index (χ4v) is 18.4. The number of aromatic amines is 2. The lowest BCUT2D eigenvalue weighted by molar-refractivity contribution is 0.0247. The van der Waals surface area contributed by atoms with Crippen molar-refractivity contribution in [2.75, 3.05) is 79.3 Å². The highest BCUT2D eigenvalue weighted by molar-refractivity contribution is 6.07. The number of nitrogens with zero attached hydrogens (tertiary/aromatic N) is 6. The number of fused-ring (bicyclic) bond motifs is 20. The molecule has 0 atom stereocenters. The Morgan fingerprint density at radius 2 is 0.452 bits per heavy atom. The van der Waals surface area contributed by atoms with Crippen LogP contribution in [-0.4, -0.2) is 129 Å². The van der Waals surface area contributed by atoms with E-state index in [4.69, 9.17) is 58.3 Å². The fourth-order valence-electron chi connectivity index (χ4n) is 18.4. The standard InChI is InChI=1S/C108H170N8O8/c1-5-9-13-17-21-25-29-33-37-41-45-49-53-57-61-87-81-95-96(82-88(87)62-58-54-50-46-42-38-34-30-26-22-18-14-10-6-2)104-113-103(95)109-101-93-67-65-91(123-79-77-121-75-73-119-71-69-117)85-99(93)107(110-101)111-102-94-68-66-92(124-80-78-122-76-74-120-72-70-118)86-100(94)108(112-102)116-106-98-84-90(64-60-56-52-48-44-40-36-32-28-24-20-16-12-8-4)89(83-97(98)105(114-104)115-106)63-59-55-51-47-43-39-35-31-27-23-19-15-11-7-3/h65-68,81-86,117-118H,5-64,69-80H2,1-4H3,(H2,109,110,111,112,113,114,115,116). The summed E-state index contributed by atoms with van der Waals surface area (Å²) in [5.74, 6) is 3.63. The summed E-state index contributed by atoms with van der Waals surface area (Å²) in [6.45, 7) is 12.7. The van der Waals surface area contributed by atoms with Gasteiger partial charge in [0.25, 0.3) is 0 Å². The molecule has 3 aromatic heterocycles. The van der Waals surface area contributed by atoms with Crippen molar-refractivity contribution >= 4 is 44.1 Å². The maximum absolute atomic E-state index is 9.25. The van der Waals surface area contributed by atoms with E-state index < -0.39 is 0 Å². The van der Waals surface area contributed by atoms with Crippen LogP contribution < -0.4 is 9.47 Å². The second kappa shape index (κ2) is 64.4. The molecule has 16 heteroatoms. The van der Waals surface area contributed by atoms with Crippen LogP contribution >= 0.6 is 0 Å². The SMILES string of the molecule is CCCCCCCCCCCCCCCCc1cc2c(cc1CCCCCCCCCCCCCCCC)-c1nc-2nc2[nH]c(nc3nc(nc4[nH]c(n1)c1cc(CCCCCCCCCCCCCCCC)c(CCCCCCCCCCCCCCCC)cc41)-c1ccc(OCCOCCOCCO)cc1-3)c1ccc(OCCOCCOCCO)cc21. The number of nitrogens with one attached hydrogen (secondary N) is 2. The van der Waals surface area contributed by atoms with E-state index in [0.717, 1.165) is 101 Å². The van der Waals surface area contributed by atoms with E-state index in [1.807, 2.05) is 18.2 Å². The van der Waals surface area contributed by atoms with Gasteiger partial charge in [0.1, 0.15) is 47.3 Å². The lowest BCUT2D eigenvalue weighted by Crippen LogP contribution is -2.11. The Bertz CT molecular complexity index is 4160. The molecule has 0 radical (unpaired) electrons. The van der Waals surface area contributed by atoms with Gasteiger partial charge in [-0.1, -0.05) is 362 Å². The van der Waals surface area contributed by atoms with Gasteiger partial charge in [-0.2, -0.15) is 0 Å². The summed E-state index contributed by atoms with van der Waals surface area (Å²) in [7, 11) is 0. The monoisotopic (exact) mass is 1710 g/mol. The number of H-pyrrole nitrogens is 2. The van der Waals surface area contributed by atoms with Crippen molar-refractivity contribution in [3.05, 3.63) is 82.9 Å². The van der Waals surface area contributed by atoms with Crippen LogP contribution in [0.15, 0.2) is 60.7 Å². The predicted octanol–water partition coefficient (Wildman–Crippen LogP) is 29.8. The van der Waals surface area contributed by atoms with Gasteiger partial charge in [0.15, 0.2) is 23.3 Å². The van der Waals surface area contributed by atoms with Crippen molar-refractivity contribution in [3.63, 3.8) is 0 Å². The van der Waals surface area contributed by atoms with Gasteiger partial charge < -0.3 is 48.6 Å². The highest BCUT2D eigenvalue weighted by atomic mass is 16.6. The molecule has 4 aromatic carbocycles. The summed E-state index contributed by atoms with van der Waals surface area (Å²) in [6, 6.07) is 22.1. The molecule has 16 nitrogen and oxygen atoms in total. The van der Waals surface area contributed by atoms with E-state index in [0.29, 0.717) is 105 Å². The molecule has 0 aliphatic carbocycles. The Balaban J connectivity index is 1.11. The van der Waals surface area contributed by atoms with Crippen LogP contribution in [0.25, 0.3) is 89.7 Å². The number of aryl methyl sites for hydroxylation is 4. The second-order valence-corrected chi connectivity index (χ2v) is 36.3. The van der Waals surface area contributed by atoms with Crippen molar-refractivity contribution in [1.29, 1.82) is 0 Å². The van der Waals surface area contributed by atoms with Crippen LogP contribution in [0, 0.1) is 0 Å². The molecule has 4 N–H and O–H groups in total. The minimum atomic E-state index is -0.0237. The summed E-state index contributed by atoms with van der Waals surface area (Å²) in [6.07, 6.45) is 78.9. The van der Waals surface area contributed by atoms with Crippen molar-refractivity contribution in [3.8, 4) is 57.1 Å². The van der Waals surface area contributed by atoms with E-state index in [-0.39, 0.29) is 26.4 Å². The molecule has 7 aromatic rings. The number of aromatic nitrogens is 8. The topological polar surface area (TPSA) is 205 Å². The molecule has 0 spiro atoms. The highest BCUT2D eigenvalue weighted by Crippen LogP contribution is 2.42. The molecule has 8 bridgehead atoms. The molecular formula is C108H170N8O8. The minimum Gasteiger partial charge on any atom is -0.491 e. The van der Waals surface area contributed by atoms with E-state index in [1.54, 1.807) is 0 Å². The van der Waals surface area contributed by atoms with Crippen LogP contribution in [0.3, 0.4) is 0 Å². The third-order valence-electron chi connectivity index (χ3n) is 25.8. The van der Waals surface area contributed by atoms with E-state index >= 15 is 0 Å². The smallest absolute Gasteiger partial charge is 0.164 e. The molecule has 690 valence electrons. The van der Waals surface area contributed by atoms with Gasteiger partial charge in [-0.3, -0.25) is 0 Å². The molecule has 0 unspecified atom stereocenters. The number of benzene rings is 4. The Hall–Kier alpha value is -6.40. The van der Waals surface area contributed by atoms with E-state index in [9.17, 15) is 10.2 Å². The lowest BCUT2D eigenvalue weighted by atomic mass is 9.91. The first-order chi connectivity index (χ1) is 61.4. The highest BCUT2D eigenvalue weighted by Gasteiger charge is 2.26. The van der Waals surface area contributed by atoms with E-state index in [1.165, 1.54) is 356 Å². The molecule has 0 saturated carbocycles. The lowest BCUT2D eigenvalue weighted by Gasteiger charge is -2.13. The molecule has 124 heavy (non-hydrogen) atoms. The van der Waals surface area contributed by atoms with Gasteiger partial charge in [-0.05, 0) is 134 Å². The number of aliphatic hydroxyl groups is 2. The zero-order valence-corrected chi connectivity index (χ0v) is 78.7. The number of ether oxygens (including phenoxy) is 6. The van der Waals surface area contributed by atoms with Crippen molar-refractivity contribution in [1.82, 2.24) is 39.9 Å². The number of rotatable bonds is 78. The Morgan fingerprint density at radius 1 is 0.218 bits per heavy atom. The molecular weight excluding hydrogens is 1540 g/mol. The first kappa shape index (κ1) is 101. The number of hydrogen-bond acceptors (Lipinski definition) is 14. The van der Waals surface area contributed by atoms with Crippen LogP contribution in [0.1, 0.15) is 410 Å². The van der Waals surface area contributed by atoms with E-state index in [2.05, 4.69) is 80.1 Å². The van der Waals surface area contributed by atoms with Crippen molar-refractivity contribution in [2.24, 2.45) is 0 Å². The molecule has 9 rings (SSSR count). The fraction of sp³-hybridized carbons (Fsp3) is 0.704. The second-order valence-electron chi connectivity index (χ2n) is 36.3. The van der Waals surface area contributed by atoms with Gasteiger partial charge in [-0.15, -0.1) is 0 Å². The average Bonchev–Trinajstić information content (AvgIpc) is 1.59. The third-order valence-corrected chi connectivity index (χ3v) is 25.8. The Labute approximate surface area is 750 Å². The van der Waals surface area contributed by atoms with Gasteiger partial charge in [0, 0.05) is 43.8 Å². The first-order valence-electron chi connectivity index (χ1n) is 51.6. The summed E-state index contributed by atoms with van der Waals surface area (Å²) in [5.41, 5.74) is 12.0. The summed E-state index contributed by atoms with van der Waals surface area (Å²) < 4.78 is 35.6. The quantitative estimate of drug-likeness (QED) is 0.0262. The zero-order chi connectivity index (χ0) is 86.6. The van der Waals surface area contributed by atoms with Gasteiger partial charge in [-0.25, -0.2) is 29.9 Å². The van der Waals surface area contributed by atoms with Crippen LogP contribution in [0.4, 0.5) is 0 Å². The predicted molar refractivity (Wildman–Crippen MR) is 521 cm³/mol. The van der Waals surface area contributed by atoms with Crippen LogP contribution in [-0.2, 0) is 44.6 Å². The third kappa shape index (κ3) is 38.1. The Kier molecular flexibility index (Phi) is 52.6. The first-order valence-corrected chi connectivity index (χ1v) is 51.6. The van der Waals surface area contributed by atoms with Crippen molar-refractivity contribution < 1.29 is 38.6 Å². The molecule has 2 aliphatic rings. The number of hydrogen-bond donors (Lipinski definition) is 4. The molecule has 0 fully saturated rings.